The van der Waals surface area contributed by atoms with E-state index >= 15 is 0 Å². The van der Waals surface area contributed by atoms with Crippen LogP contribution in [0.3, 0.4) is 0 Å². The summed E-state index contributed by atoms with van der Waals surface area (Å²) in [4.78, 5) is -0.180. The van der Waals surface area contributed by atoms with Gasteiger partial charge in [0.25, 0.3) is 10.1 Å². The van der Waals surface area contributed by atoms with Crippen molar-refractivity contribution in [3.63, 3.8) is 0 Å². The lowest BCUT2D eigenvalue weighted by Gasteiger charge is -2.02. The van der Waals surface area contributed by atoms with Gasteiger partial charge in [-0.05, 0) is 31.2 Å². The van der Waals surface area contributed by atoms with E-state index in [2.05, 4.69) is 10.5 Å². The molecular weight excluding hydrogens is 242 g/mol. The summed E-state index contributed by atoms with van der Waals surface area (Å²) < 4.78 is 30.3. The normalized spacial score (nSPS) is 11.9. The first-order chi connectivity index (χ1) is 7.93. The Morgan fingerprint density at radius 2 is 2.06 bits per heavy atom. The predicted octanol–water partition coefficient (Wildman–Crippen LogP) is 1.63. The van der Waals surface area contributed by atoms with Crippen LogP contribution in [0.4, 0.5) is 5.69 Å². The van der Waals surface area contributed by atoms with Gasteiger partial charge in [-0.25, -0.2) is 0 Å². The van der Waals surface area contributed by atoms with E-state index in [1.807, 2.05) is 6.07 Å². The zero-order valence-corrected chi connectivity index (χ0v) is 9.90. The van der Waals surface area contributed by atoms with E-state index in [1.165, 1.54) is 24.3 Å². The van der Waals surface area contributed by atoms with Crippen LogP contribution in [0, 0.1) is 11.3 Å². The molecule has 7 heteroatoms. The first-order valence-electron chi connectivity index (χ1n) is 4.67. The van der Waals surface area contributed by atoms with Gasteiger partial charge in [0.05, 0.1) is 23.1 Å². The fraction of sp³-hybridized carbons (Fsp3) is 0.200. The lowest BCUT2D eigenvalue weighted by atomic mass is 10.3. The highest BCUT2D eigenvalue weighted by Crippen LogP contribution is 2.13. The molecule has 1 rings (SSSR count). The number of nitriles is 1. The Hall–Kier alpha value is -1.91. The second kappa shape index (κ2) is 5.43. The molecule has 0 saturated carbocycles. The van der Waals surface area contributed by atoms with Crippen LogP contribution < -0.4 is 5.43 Å². The Labute approximate surface area is 99.3 Å². The summed E-state index contributed by atoms with van der Waals surface area (Å²) in [6.07, 6.45) is 0.218. The van der Waals surface area contributed by atoms with Crippen LogP contribution in [-0.2, 0) is 10.1 Å². The van der Waals surface area contributed by atoms with Gasteiger partial charge in [-0.1, -0.05) is 0 Å². The molecule has 0 unspecified atom stereocenters. The van der Waals surface area contributed by atoms with Crippen LogP contribution >= 0.6 is 0 Å². The maximum atomic E-state index is 10.8. The number of benzene rings is 1. The van der Waals surface area contributed by atoms with E-state index in [4.69, 9.17) is 9.81 Å². The summed E-state index contributed by atoms with van der Waals surface area (Å²) in [6, 6.07) is 7.39. The van der Waals surface area contributed by atoms with E-state index in [-0.39, 0.29) is 11.3 Å². The summed E-state index contributed by atoms with van der Waals surface area (Å²) in [6.45, 7) is 1.70. The second-order valence-electron chi connectivity index (χ2n) is 3.29. The Kier molecular flexibility index (Phi) is 4.20. The van der Waals surface area contributed by atoms with E-state index in [0.717, 1.165) is 0 Å². The highest BCUT2D eigenvalue weighted by molar-refractivity contribution is 7.85. The molecule has 17 heavy (non-hydrogen) atoms. The highest BCUT2D eigenvalue weighted by Gasteiger charge is 2.07. The molecule has 1 aromatic rings. The molecule has 0 radical (unpaired) electrons. The fourth-order valence-electron chi connectivity index (χ4n) is 1.02. The molecule has 0 aliphatic rings. The number of rotatable bonds is 4. The van der Waals surface area contributed by atoms with Crippen LogP contribution in [0.5, 0.6) is 0 Å². The van der Waals surface area contributed by atoms with Gasteiger partial charge in [0.1, 0.15) is 0 Å². The maximum Gasteiger partial charge on any atom is 0.294 e. The third kappa shape index (κ3) is 4.22. The first-order valence-corrected chi connectivity index (χ1v) is 6.11. The molecule has 0 aliphatic heterocycles. The van der Waals surface area contributed by atoms with Crippen molar-refractivity contribution in [1.29, 1.82) is 5.26 Å². The summed E-state index contributed by atoms with van der Waals surface area (Å²) in [5.74, 6) is 0. The number of anilines is 1. The van der Waals surface area contributed by atoms with E-state index in [0.29, 0.717) is 11.4 Å². The van der Waals surface area contributed by atoms with Gasteiger partial charge < -0.3 is 0 Å². The van der Waals surface area contributed by atoms with Crippen molar-refractivity contribution >= 4 is 21.5 Å². The van der Waals surface area contributed by atoms with E-state index in [1.54, 1.807) is 6.92 Å². The van der Waals surface area contributed by atoms with Gasteiger partial charge in [-0.3, -0.25) is 9.98 Å². The fourth-order valence-corrected chi connectivity index (χ4v) is 1.50. The monoisotopic (exact) mass is 253 g/mol. The average molecular weight is 253 g/mol. The SMILES string of the molecule is C/C(CC#N)=N\Nc1ccc(S(=O)(=O)O)cc1. The van der Waals surface area contributed by atoms with Crippen molar-refractivity contribution in [2.45, 2.75) is 18.2 Å². The molecule has 0 aromatic heterocycles. The van der Waals surface area contributed by atoms with Crippen LogP contribution in [0.2, 0.25) is 0 Å². The third-order valence-corrected chi connectivity index (χ3v) is 2.73. The molecule has 0 heterocycles. The van der Waals surface area contributed by atoms with Gasteiger partial charge in [-0.2, -0.15) is 18.8 Å². The molecule has 90 valence electrons. The zero-order chi connectivity index (χ0) is 12.9. The zero-order valence-electron chi connectivity index (χ0n) is 9.08. The molecule has 1 aromatic carbocycles. The minimum Gasteiger partial charge on any atom is -0.282 e. The number of hydrazone groups is 1. The lowest BCUT2D eigenvalue weighted by molar-refractivity contribution is 0.483. The summed E-state index contributed by atoms with van der Waals surface area (Å²) in [5.41, 5.74) is 3.85. The Morgan fingerprint density at radius 3 is 2.53 bits per heavy atom. The standard InChI is InChI=1S/C10H11N3O3S/c1-8(6-7-11)12-13-9-2-4-10(5-3-9)17(14,15)16/h2-5,13H,6H2,1H3,(H,14,15,16)/b12-8+. The highest BCUT2D eigenvalue weighted by atomic mass is 32.2. The van der Waals surface area contributed by atoms with Crippen LogP contribution in [0.1, 0.15) is 13.3 Å². The predicted molar refractivity (Wildman–Crippen MR) is 63.2 cm³/mol. The number of nitrogens with zero attached hydrogens (tertiary/aromatic N) is 2. The van der Waals surface area contributed by atoms with Gasteiger partial charge in [0.15, 0.2) is 0 Å². The first kappa shape index (κ1) is 13.2. The van der Waals surface area contributed by atoms with Crippen LogP contribution in [-0.4, -0.2) is 18.7 Å². The van der Waals surface area contributed by atoms with Gasteiger partial charge in [-0.15, -0.1) is 0 Å². The number of hydrogen-bond donors (Lipinski definition) is 2. The Balaban J connectivity index is 2.77. The molecule has 0 aliphatic carbocycles. The van der Waals surface area contributed by atoms with E-state index in [9.17, 15) is 8.42 Å². The van der Waals surface area contributed by atoms with Crippen molar-refractivity contribution in [1.82, 2.24) is 0 Å². The quantitative estimate of drug-likeness (QED) is 0.482. The summed E-state index contributed by atoms with van der Waals surface area (Å²) in [5, 5.41) is 12.3. The van der Waals surface area contributed by atoms with Crippen molar-refractivity contribution in [2.24, 2.45) is 5.10 Å². The molecule has 6 nitrogen and oxygen atoms in total. The minimum absolute atomic E-state index is 0.180. The molecule has 0 spiro atoms. The molecule has 0 amide bonds. The van der Waals surface area contributed by atoms with Gasteiger partial charge in [0, 0.05) is 5.71 Å². The van der Waals surface area contributed by atoms with Gasteiger partial charge in [0.2, 0.25) is 0 Å². The molecule has 0 atom stereocenters. The molecule has 2 N–H and O–H groups in total. The number of hydrogen-bond acceptors (Lipinski definition) is 5. The third-order valence-electron chi connectivity index (χ3n) is 1.86. The summed E-state index contributed by atoms with van der Waals surface area (Å²) in [7, 11) is -4.17. The molecule has 0 fully saturated rings. The second-order valence-corrected chi connectivity index (χ2v) is 4.71. The van der Waals surface area contributed by atoms with E-state index < -0.39 is 10.1 Å². The summed E-state index contributed by atoms with van der Waals surface area (Å²) >= 11 is 0. The smallest absolute Gasteiger partial charge is 0.282 e. The Bertz CT molecular complexity index is 555. The minimum atomic E-state index is -4.17. The average Bonchev–Trinajstić information content (AvgIpc) is 2.26. The lowest BCUT2D eigenvalue weighted by Crippen LogP contribution is -1.99. The number of nitrogens with one attached hydrogen (secondary N) is 1. The van der Waals surface area contributed by atoms with Crippen LogP contribution in [0.15, 0.2) is 34.3 Å². The molecule has 0 saturated heterocycles. The van der Waals surface area contributed by atoms with Gasteiger partial charge >= 0.3 is 0 Å². The van der Waals surface area contributed by atoms with Crippen molar-refractivity contribution in [3.8, 4) is 6.07 Å². The largest absolute Gasteiger partial charge is 0.294 e. The maximum absolute atomic E-state index is 10.8. The Morgan fingerprint density at radius 1 is 1.47 bits per heavy atom. The van der Waals surface area contributed by atoms with Crippen molar-refractivity contribution in [3.05, 3.63) is 24.3 Å². The molecule has 0 bridgehead atoms. The van der Waals surface area contributed by atoms with Crippen molar-refractivity contribution in [2.75, 3.05) is 5.43 Å². The van der Waals surface area contributed by atoms with Crippen LogP contribution in [0.25, 0.3) is 0 Å². The topological polar surface area (TPSA) is 103 Å². The van der Waals surface area contributed by atoms with Crippen molar-refractivity contribution < 1.29 is 13.0 Å². The molecular formula is C10H11N3O3S.